The summed E-state index contributed by atoms with van der Waals surface area (Å²) in [5, 5.41) is 0. The Kier molecular flexibility index (Phi) is 5.06. The van der Waals surface area contributed by atoms with Crippen LogP contribution >= 0.6 is 0 Å². The summed E-state index contributed by atoms with van der Waals surface area (Å²) in [5.41, 5.74) is 10.2. The van der Waals surface area contributed by atoms with E-state index in [1.807, 2.05) is 0 Å². The highest BCUT2D eigenvalue weighted by Crippen LogP contribution is 1.93. The van der Waals surface area contributed by atoms with Gasteiger partial charge in [-0.05, 0) is 13.0 Å². The van der Waals surface area contributed by atoms with Gasteiger partial charge < -0.3 is 11.5 Å². The topological polar surface area (TPSA) is 69.1 Å². The van der Waals surface area contributed by atoms with Gasteiger partial charge in [0.05, 0.1) is 6.04 Å². The molecule has 0 aromatic rings. The third-order valence-electron chi connectivity index (χ3n) is 1.21. The van der Waals surface area contributed by atoms with Crippen molar-refractivity contribution in [2.45, 2.75) is 18.9 Å². The summed E-state index contributed by atoms with van der Waals surface area (Å²) in [7, 11) is 0. The Balaban J connectivity index is 3.42. The van der Waals surface area contributed by atoms with Crippen LogP contribution in [-0.2, 0) is 4.79 Å². The van der Waals surface area contributed by atoms with Crippen LogP contribution in [0.3, 0.4) is 0 Å². The first-order valence-electron chi connectivity index (χ1n) is 3.26. The van der Waals surface area contributed by atoms with E-state index in [0.717, 1.165) is 0 Å². The number of hydrogen-bond acceptors (Lipinski definition) is 3. The van der Waals surface area contributed by atoms with Crippen molar-refractivity contribution in [1.82, 2.24) is 0 Å². The first-order valence-corrected chi connectivity index (χ1v) is 3.26. The second-order valence-corrected chi connectivity index (χ2v) is 2.12. The summed E-state index contributed by atoms with van der Waals surface area (Å²) in [6, 6.07) is -0.938. The first-order chi connectivity index (χ1) is 4.72. The highest BCUT2D eigenvalue weighted by Gasteiger charge is 2.10. The lowest BCUT2D eigenvalue weighted by molar-refractivity contribution is -0.120. The van der Waals surface area contributed by atoms with Crippen LogP contribution in [-0.4, -0.2) is 25.0 Å². The minimum absolute atomic E-state index is 0.243. The number of alkyl halides is 1. The average molecular weight is 148 g/mol. The van der Waals surface area contributed by atoms with Gasteiger partial charge in [0.25, 0.3) is 0 Å². The summed E-state index contributed by atoms with van der Waals surface area (Å²) >= 11 is 0. The lowest BCUT2D eigenvalue weighted by Crippen LogP contribution is -2.32. The van der Waals surface area contributed by atoms with Crippen molar-refractivity contribution >= 4 is 5.78 Å². The zero-order valence-corrected chi connectivity index (χ0v) is 5.85. The number of carbonyl (C=O) groups excluding carboxylic acids is 1. The molecule has 0 radical (unpaired) electrons. The van der Waals surface area contributed by atoms with Gasteiger partial charge in [0.2, 0.25) is 0 Å². The van der Waals surface area contributed by atoms with Crippen LogP contribution in [0.5, 0.6) is 0 Å². The van der Waals surface area contributed by atoms with Crippen LogP contribution in [0.15, 0.2) is 0 Å². The van der Waals surface area contributed by atoms with Gasteiger partial charge >= 0.3 is 0 Å². The Bertz CT molecular complexity index is 108. The maximum atomic E-state index is 11.7. The molecule has 1 unspecified atom stereocenters. The highest BCUT2D eigenvalue weighted by atomic mass is 19.1. The molecule has 0 aromatic carbocycles. The maximum absolute atomic E-state index is 11.7. The van der Waals surface area contributed by atoms with Gasteiger partial charge in [-0.25, -0.2) is 4.39 Å². The quantitative estimate of drug-likeness (QED) is 0.557. The number of halogens is 1. The summed E-state index contributed by atoms with van der Waals surface area (Å²) in [4.78, 5) is 10.7. The molecule has 4 heteroatoms. The monoisotopic (exact) mass is 148 g/mol. The van der Waals surface area contributed by atoms with E-state index in [9.17, 15) is 9.18 Å². The van der Waals surface area contributed by atoms with Crippen molar-refractivity contribution < 1.29 is 9.18 Å². The number of ketones is 1. The summed E-state index contributed by atoms with van der Waals surface area (Å²) in [5.74, 6) is -0.243. The van der Waals surface area contributed by atoms with Crippen molar-refractivity contribution in [3.63, 3.8) is 0 Å². The standard InChI is InChI=1S/C6H13FN2O/c7-4-5(9)6(10)2-1-3-8/h5H,1-4,8-9H2. The van der Waals surface area contributed by atoms with Crippen molar-refractivity contribution in [2.24, 2.45) is 11.5 Å². The van der Waals surface area contributed by atoms with Crippen molar-refractivity contribution in [2.75, 3.05) is 13.2 Å². The molecule has 0 aliphatic rings. The molecule has 0 fully saturated rings. The van der Waals surface area contributed by atoms with E-state index in [4.69, 9.17) is 11.5 Å². The molecule has 0 heterocycles. The SMILES string of the molecule is NCCCC(=O)C(N)CF. The Morgan fingerprint density at radius 1 is 1.60 bits per heavy atom. The molecule has 4 N–H and O–H groups in total. The number of hydrogen-bond donors (Lipinski definition) is 2. The van der Waals surface area contributed by atoms with E-state index in [1.165, 1.54) is 0 Å². The van der Waals surface area contributed by atoms with E-state index < -0.39 is 12.7 Å². The van der Waals surface area contributed by atoms with E-state index in [0.29, 0.717) is 19.4 Å². The lowest BCUT2D eigenvalue weighted by Gasteiger charge is -2.03. The van der Waals surface area contributed by atoms with Crippen molar-refractivity contribution in [1.29, 1.82) is 0 Å². The second kappa shape index (κ2) is 5.32. The molecular formula is C6H13FN2O. The Morgan fingerprint density at radius 3 is 2.60 bits per heavy atom. The minimum atomic E-state index is -0.938. The van der Waals surface area contributed by atoms with Crippen LogP contribution in [0.2, 0.25) is 0 Å². The van der Waals surface area contributed by atoms with Crippen LogP contribution in [0.1, 0.15) is 12.8 Å². The van der Waals surface area contributed by atoms with Gasteiger partial charge in [-0.2, -0.15) is 0 Å². The van der Waals surface area contributed by atoms with Gasteiger partial charge in [-0.1, -0.05) is 0 Å². The molecule has 60 valence electrons. The predicted molar refractivity (Wildman–Crippen MR) is 37.2 cm³/mol. The summed E-state index contributed by atoms with van der Waals surface area (Å²) in [6.45, 7) is -0.325. The van der Waals surface area contributed by atoms with Gasteiger partial charge in [0.15, 0.2) is 5.78 Å². The summed E-state index contributed by atoms with van der Waals surface area (Å²) < 4.78 is 11.7. The molecule has 10 heavy (non-hydrogen) atoms. The van der Waals surface area contributed by atoms with Gasteiger partial charge in [0, 0.05) is 6.42 Å². The maximum Gasteiger partial charge on any atom is 0.152 e. The van der Waals surface area contributed by atoms with E-state index in [-0.39, 0.29) is 5.78 Å². The number of carbonyl (C=O) groups is 1. The highest BCUT2D eigenvalue weighted by molar-refractivity contribution is 5.83. The molecule has 0 saturated carbocycles. The van der Waals surface area contributed by atoms with Crippen LogP contribution < -0.4 is 11.5 Å². The molecule has 3 nitrogen and oxygen atoms in total. The van der Waals surface area contributed by atoms with E-state index in [2.05, 4.69) is 0 Å². The van der Waals surface area contributed by atoms with Crippen LogP contribution in [0.4, 0.5) is 4.39 Å². The third-order valence-corrected chi connectivity index (χ3v) is 1.21. The average Bonchev–Trinajstić information content (AvgIpc) is 1.98. The zero-order chi connectivity index (χ0) is 7.98. The van der Waals surface area contributed by atoms with Gasteiger partial charge in [-0.15, -0.1) is 0 Å². The first kappa shape index (κ1) is 9.52. The van der Waals surface area contributed by atoms with Gasteiger partial charge in [0.1, 0.15) is 6.67 Å². The van der Waals surface area contributed by atoms with Crippen LogP contribution in [0, 0.1) is 0 Å². The zero-order valence-electron chi connectivity index (χ0n) is 5.85. The number of Topliss-reactive ketones (excluding diaryl/α,β-unsaturated/α-hetero) is 1. The normalized spacial score (nSPS) is 13.1. The molecule has 0 aromatic heterocycles. The Hall–Kier alpha value is -0.480. The molecule has 0 aliphatic heterocycles. The van der Waals surface area contributed by atoms with E-state index >= 15 is 0 Å². The van der Waals surface area contributed by atoms with Crippen LogP contribution in [0.25, 0.3) is 0 Å². The number of rotatable bonds is 5. The third kappa shape index (κ3) is 3.53. The fraction of sp³-hybridized carbons (Fsp3) is 0.833. The molecule has 0 aliphatic carbocycles. The van der Waals surface area contributed by atoms with Gasteiger partial charge in [-0.3, -0.25) is 4.79 Å². The minimum Gasteiger partial charge on any atom is -0.330 e. The fourth-order valence-electron chi connectivity index (χ4n) is 0.548. The summed E-state index contributed by atoms with van der Waals surface area (Å²) in [6.07, 6.45) is 0.883. The fourth-order valence-corrected chi connectivity index (χ4v) is 0.548. The van der Waals surface area contributed by atoms with Crippen molar-refractivity contribution in [3.8, 4) is 0 Å². The molecule has 0 saturated heterocycles. The van der Waals surface area contributed by atoms with Crippen molar-refractivity contribution in [3.05, 3.63) is 0 Å². The Labute approximate surface area is 59.6 Å². The molecule has 0 amide bonds. The number of nitrogens with two attached hydrogens (primary N) is 2. The molecular weight excluding hydrogens is 135 g/mol. The molecule has 0 bridgehead atoms. The molecule has 1 atom stereocenters. The lowest BCUT2D eigenvalue weighted by atomic mass is 10.1. The second-order valence-electron chi connectivity index (χ2n) is 2.12. The smallest absolute Gasteiger partial charge is 0.152 e. The Morgan fingerprint density at radius 2 is 2.20 bits per heavy atom. The molecule has 0 spiro atoms. The molecule has 0 rings (SSSR count). The van der Waals surface area contributed by atoms with E-state index in [1.54, 1.807) is 0 Å². The predicted octanol–water partition coefficient (Wildman–Crippen LogP) is -0.409. The largest absolute Gasteiger partial charge is 0.330 e.